The van der Waals surface area contributed by atoms with Gasteiger partial charge in [-0.25, -0.2) is 0 Å². The van der Waals surface area contributed by atoms with E-state index in [1.807, 2.05) is 0 Å². The fourth-order valence-corrected chi connectivity index (χ4v) is 0.0913. The second kappa shape index (κ2) is 29.5. The van der Waals surface area contributed by atoms with Crippen molar-refractivity contribution in [1.82, 2.24) is 0 Å². The summed E-state index contributed by atoms with van der Waals surface area (Å²) in [4.78, 5) is 3.77. The van der Waals surface area contributed by atoms with Crippen LogP contribution in [0.5, 0.6) is 0 Å². The molecule has 0 aromatic rings. The van der Waals surface area contributed by atoms with Crippen molar-refractivity contribution >= 4 is 12.9 Å². The Hall–Kier alpha value is 7.45. The van der Waals surface area contributed by atoms with Gasteiger partial charge in [-0.05, 0) is 0 Å². The zero-order chi connectivity index (χ0) is 4.12. The Bertz CT molecular complexity index is 26.0. The van der Waals surface area contributed by atoms with E-state index >= 15 is 0 Å². The third-order valence-corrected chi connectivity index (χ3v) is 0.166. The molecule has 9 heavy (non-hydrogen) atoms. The van der Waals surface area contributed by atoms with Gasteiger partial charge in [0.05, 0.1) is 0 Å². The van der Waals surface area contributed by atoms with Crippen LogP contribution in [0.2, 0.25) is 0 Å². The Labute approximate surface area is 257 Å². The Kier molecular flexibility index (Phi) is 98.3. The minimum atomic E-state index is 0. The molecule has 0 spiro atoms. The second-order valence-electron chi connectivity index (χ2n) is 0.325. The average molecular weight is 435 g/mol. The molecule has 0 aliphatic carbocycles. The van der Waals surface area contributed by atoms with Crippen LogP contribution >= 0.6 is 0 Å². The van der Waals surface area contributed by atoms with E-state index in [2.05, 4.69) is 27.7 Å². The van der Waals surface area contributed by atoms with Gasteiger partial charge in [-0.3, -0.25) is 0 Å². The summed E-state index contributed by atoms with van der Waals surface area (Å²) in [5.74, 6) is 0. The summed E-state index contributed by atoms with van der Waals surface area (Å²) in [6.45, 7) is 0. The van der Waals surface area contributed by atoms with Gasteiger partial charge in [0.15, 0.2) is 0 Å². The number of nitrogens with zero attached hydrogens (tertiary/aromatic N) is 1. The molecule has 0 amide bonds. The molecule has 0 aromatic carbocycles. The van der Waals surface area contributed by atoms with Crippen LogP contribution in [0, 0.1) is 0 Å². The zero-order valence-corrected chi connectivity index (χ0v) is 27.2. The second-order valence-corrected chi connectivity index (χ2v) is 0.461. The molecule has 0 bridgehead atoms. The summed E-state index contributed by atoms with van der Waals surface area (Å²) >= 11 is 3.84. The van der Waals surface area contributed by atoms with Gasteiger partial charge >= 0.3 is 233 Å². The van der Waals surface area contributed by atoms with E-state index in [1.165, 1.54) is 7.05 Å². The minimum absolute atomic E-state index is 0. The quantitative estimate of drug-likeness (QED) is 0.246. The SMILES string of the molecule is C[N-]OO[S-].[Rb+].[Rb+].[Rb+].[Rb+]. The summed E-state index contributed by atoms with van der Waals surface area (Å²) in [5.41, 5.74) is 3.03. The number of hydrogen-bond donors (Lipinski definition) is 0. The summed E-state index contributed by atoms with van der Waals surface area (Å²) in [5, 5.41) is 0. The van der Waals surface area contributed by atoms with Crippen LogP contribution < -0.4 is 233 Å². The predicted molar refractivity (Wildman–Crippen MR) is 18.8 cm³/mol. The van der Waals surface area contributed by atoms with Gasteiger partial charge in [-0.15, -0.1) is 7.05 Å². The number of hydroxylamine groups is 1. The normalized spacial score (nSPS) is 4.67. The van der Waals surface area contributed by atoms with Crippen molar-refractivity contribution in [3.63, 3.8) is 0 Å². The van der Waals surface area contributed by atoms with E-state index < -0.39 is 0 Å². The van der Waals surface area contributed by atoms with Crippen LogP contribution in [0.4, 0.5) is 0 Å². The fraction of sp³-hybridized carbons (Fsp3) is 1.00. The van der Waals surface area contributed by atoms with Crippen molar-refractivity contribution in [2.75, 3.05) is 7.05 Å². The van der Waals surface area contributed by atoms with E-state index in [0.29, 0.717) is 0 Å². The van der Waals surface area contributed by atoms with Crippen molar-refractivity contribution in [3.8, 4) is 0 Å². The van der Waals surface area contributed by atoms with Gasteiger partial charge in [0.25, 0.3) is 0 Å². The number of hydrogen-bond acceptors (Lipinski definition) is 3. The smallest absolute Gasteiger partial charge is 0.584 e. The Morgan fingerprint density at radius 3 is 1.44 bits per heavy atom. The summed E-state index contributed by atoms with van der Waals surface area (Å²) < 4.78 is 3.61. The molecule has 0 aliphatic rings. The van der Waals surface area contributed by atoms with Gasteiger partial charge in [0.1, 0.15) is 0 Å². The first-order chi connectivity index (χ1) is 2.41. The molecule has 0 aromatic heterocycles. The molecule has 0 rings (SSSR count). The molecular formula is CH3NO2Rb4S+2. The molecule has 0 saturated carbocycles. The molecule has 0 N–H and O–H groups in total. The molecule has 3 nitrogen and oxygen atoms in total. The maximum atomic E-state index is 3.84. The van der Waals surface area contributed by atoms with Crippen LogP contribution in [0.15, 0.2) is 0 Å². The third-order valence-electron chi connectivity index (χ3n) is 0.105. The van der Waals surface area contributed by atoms with Crippen LogP contribution in [-0.2, 0) is 22.2 Å². The number of rotatable bonds is 2. The molecule has 8 heteroatoms. The largest absolute Gasteiger partial charge is 1.00 e. The predicted octanol–water partition coefficient (Wildman–Crippen LogP) is -11.7. The molecule has 0 aliphatic heterocycles. The summed E-state index contributed by atoms with van der Waals surface area (Å²) in [7, 11) is 1.42. The summed E-state index contributed by atoms with van der Waals surface area (Å²) in [6.07, 6.45) is 0. The standard InChI is InChI=1S/CH4NO2S.4Rb/c1-2-3-4-5;;;;/h5H,1H3;;;;/q-1;4*+1/p-1. The van der Waals surface area contributed by atoms with E-state index in [0.717, 1.165) is 0 Å². The van der Waals surface area contributed by atoms with E-state index in [-0.39, 0.29) is 233 Å². The Balaban J connectivity index is -0.0000000133. The molecule has 0 fully saturated rings. The Morgan fingerprint density at radius 1 is 1.11 bits per heavy atom. The fourth-order valence-electron chi connectivity index (χ4n) is 0.0304. The average Bonchev–Trinajstić information content (AvgIpc) is 1.41. The maximum absolute atomic E-state index is 3.84. The van der Waals surface area contributed by atoms with Crippen LogP contribution in [-0.4, -0.2) is 7.05 Å². The van der Waals surface area contributed by atoms with Crippen LogP contribution in [0.25, 0.3) is 5.48 Å². The van der Waals surface area contributed by atoms with E-state index in [4.69, 9.17) is 0 Å². The van der Waals surface area contributed by atoms with Crippen molar-refractivity contribution in [3.05, 3.63) is 5.48 Å². The minimum Gasteiger partial charge on any atom is -0.584 e. The molecule has 0 saturated heterocycles. The molecule has 0 atom stereocenters. The van der Waals surface area contributed by atoms with Crippen LogP contribution in [0.3, 0.4) is 0 Å². The Morgan fingerprint density at radius 2 is 1.44 bits per heavy atom. The first-order valence-corrected chi connectivity index (χ1v) is 1.30. The van der Waals surface area contributed by atoms with E-state index in [1.54, 1.807) is 0 Å². The molecule has 0 heterocycles. The first-order valence-electron chi connectivity index (χ1n) is 0.963. The van der Waals surface area contributed by atoms with Crippen LogP contribution in [0.1, 0.15) is 0 Å². The van der Waals surface area contributed by atoms with Gasteiger partial charge in [0.2, 0.25) is 0 Å². The zero-order valence-electron chi connectivity index (χ0n) is 6.67. The van der Waals surface area contributed by atoms with Gasteiger partial charge in [-0.2, -0.15) is 0 Å². The molecule has 0 unspecified atom stereocenters. The summed E-state index contributed by atoms with van der Waals surface area (Å²) in [6, 6.07) is 0. The van der Waals surface area contributed by atoms with Crippen molar-refractivity contribution < 1.29 is 242 Å². The van der Waals surface area contributed by atoms with Crippen molar-refractivity contribution in [1.29, 1.82) is 0 Å². The maximum Gasteiger partial charge on any atom is 1.00 e. The van der Waals surface area contributed by atoms with E-state index in [9.17, 15) is 0 Å². The van der Waals surface area contributed by atoms with Crippen molar-refractivity contribution in [2.24, 2.45) is 0 Å². The molecule has 32 valence electrons. The molecule has 0 radical (unpaired) electrons. The third kappa shape index (κ3) is 31.3. The topological polar surface area (TPSA) is 32.6 Å². The molecular weight excluding hydrogens is 432 g/mol. The van der Waals surface area contributed by atoms with Gasteiger partial charge in [-0.1, -0.05) is 0 Å². The van der Waals surface area contributed by atoms with Crippen molar-refractivity contribution in [2.45, 2.75) is 0 Å². The van der Waals surface area contributed by atoms with Gasteiger partial charge < -0.3 is 27.7 Å². The first kappa shape index (κ1) is 30.0. The van der Waals surface area contributed by atoms with Gasteiger partial charge in [0, 0.05) is 0 Å². The monoisotopic (exact) mass is 433 g/mol.